The summed E-state index contributed by atoms with van der Waals surface area (Å²) in [5, 5.41) is 2.77. The minimum absolute atomic E-state index is 0.0475. The second kappa shape index (κ2) is 10.7. The van der Waals surface area contributed by atoms with E-state index in [4.69, 9.17) is 37.4 Å². The zero-order valence-electron chi connectivity index (χ0n) is 19.2. The van der Waals surface area contributed by atoms with Crippen molar-refractivity contribution in [2.75, 3.05) is 19.1 Å². The Morgan fingerprint density at radius 1 is 0.889 bits per heavy atom. The zero-order chi connectivity index (χ0) is 25.8. The number of hydrogen-bond acceptors (Lipinski definition) is 6. The maximum atomic E-state index is 13.5. The van der Waals surface area contributed by atoms with Crippen molar-refractivity contribution < 1.29 is 28.6 Å². The van der Waals surface area contributed by atoms with Crippen LogP contribution in [0.25, 0.3) is 6.08 Å². The van der Waals surface area contributed by atoms with Gasteiger partial charge in [0.25, 0.3) is 11.8 Å². The van der Waals surface area contributed by atoms with Gasteiger partial charge in [0.05, 0.1) is 24.9 Å². The van der Waals surface area contributed by atoms with Crippen LogP contribution in [0.3, 0.4) is 0 Å². The Labute approximate surface area is 217 Å². The molecule has 0 bridgehead atoms. The van der Waals surface area contributed by atoms with Gasteiger partial charge in [0.2, 0.25) is 0 Å². The van der Waals surface area contributed by atoms with Crippen LogP contribution >= 0.6 is 23.2 Å². The van der Waals surface area contributed by atoms with Gasteiger partial charge in [-0.2, -0.15) is 0 Å². The van der Waals surface area contributed by atoms with E-state index in [1.807, 2.05) is 30.3 Å². The van der Waals surface area contributed by atoms with Gasteiger partial charge in [-0.1, -0.05) is 53.5 Å². The summed E-state index contributed by atoms with van der Waals surface area (Å²) in [5.74, 6) is -1.00. The Hall–Kier alpha value is -4.01. The van der Waals surface area contributed by atoms with Crippen LogP contribution in [0.15, 0.2) is 66.2 Å². The van der Waals surface area contributed by atoms with Crippen molar-refractivity contribution in [1.82, 2.24) is 5.32 Å². The lowest BCUT2D eigenvalue weighted by Crippen LogP contribution is -2.54. The molecule has 1 fully saturated rings. The molecule has 36 heavy (non-hydrogen) atoms. The highest BCUT2D eigenvalue weighted by atomic mass is 35.5. The number of anilines is 1. The molecule has 4 amide bonds. The van der Waals surface area contributed by atoms with E-state index in [1.165, 1.54) is 32.4 Å². The van der Waals surface area contributed by atoms with Crippen molar-refractivity contribution in [3.8, 4) is 17.2 Å². The molecular formula is C26H20Cl2N2O6. The summed E-state index contributed by atoms with van der Waals surface area (Å²) in [4.78, 5) is 39.7. The van der Waals surface area contributed by atoms with Crippen molar-refractivity contribution in [3.63, 3.8) is 0 Å². The number of methoxy groups -OCH3 is 2. The normalized spacial score (nSPS) is 14.6. The van der Waals surface area contributed by atoms with Gasteiger partial charge in [0.15, 0.2) is 0 Å². The molecular weight excluding hydrogens is 507 g/mol. The predicted octanol–water partition coefficient (Wildman–Crippen LogP) is 5.26. The molecule has 0 aromatic heterocycles. The van der Waals surface area contributed by atoms with Crippen LogP contribution in [0.2, 0.25) is 10.0 Å². The number of amides is 4. The van der Waals surface area contributed by atoms with Crippen LogP contribution in [-0.2, 0) is 16.2 Å². The third kappa shape index (κ3) is 5.15. The Bertz CT molecular complexity index is 1370. The standard InChI is InChI=1S/C26H20Cl2N2O6/c1-34-22-13-20(23(35-2)12-19(22)28)30-25(32)18(24(31)29-26(30)33)11-16-10-17(27)8-9-21(16)36-14-15-6-4-3-5-7-15/h3-13H,14H2,1-2H3,(H,29,31,33)/b18-11+. The molecule has 0 saturated carbocycles. The molecule has 3 aromatic carbocycles. The summed E-state index contributed by atoms with van der Waals surface area (Å²) in [5.41, 5.74) is 1.05. The number of benzene rings is 3. The molecule has 10 heteroatoms. The molecule has 0 unspecified atom stereocenters. The van der Waals surface area contributed by atoms with Crippen molar-refractivity contribution in [2.24, 2.45) is 0 Å². The number of halogens is 2. The number of carbonyl (C=O) groups excluding carboxylic acids is 3. The number of hydrogen-bond donors (Lipinski definition) is 1. The lowest BCUT2D eigenvalue weighted by Gasteiger charge is -2.28. The summed E-state index contributed by atoms with van der Waals surface area (Å²) in [7, 11) is 2.75. The number of carbonyl (C=O) groups is 3. The molecule has 0 radical (unpaired) electrons. The molecule has 184 valence electrons. The maximum Gasteiger partial charge on any atom is 0.336 e. The number of rotatable bonds is 7. The molecule has 1 heterocycles. The average molecular weight is 527 g/mol. The van der Waals surface area contributed by atoms with Gasteiger partial charge in [-0.05, 0) is 29.8 Å². The molecule has 0 atom stereocenters. The van der Waals surface area contributed by atoms with E-state index in [-0.39, 0.29) is 34.4 Å². The molecule has 0 spiro atoms. The predicted molar refractivity (Wildman–Crippen MR) is 136 cm³/mol. The lowest BCUT2D eigenvalue weighted by atomic mass is 10.1. The van der Waals surface area contributed by atoms with Crippen molar-refractivity contribution >= 4 is 52.8 Å². The Balaban J connectivity index is 1.73. The number of nitrogens with one attached hydrogen (secondary N) is 1. The molecule has 1 aliphatic rings. The summed E-state index contributed by atoms with van der Waals surface area (Å²) >= 11 is 12.3. The van der Waals surface area contributed by atoms with Gasteiger partial charge in [-0.15, -0.1) is 0 Å². The van der Waals surface area contributed by atoms with Gasteiger partial charge >= 0.3 is 6.03 Å². The van der Waals surface area contributed by atoms with E-state index < -0.39 is 17.8 Å². The first-order valence-corrected chi connectivity index (χ1v) is 11.4. The number of urea groups is 1. The first-order valence-electron chi connectivity index (χ1n) is 10.6. The smallest absolute Gasteiger partial charge is 0.336 e. The monoisotopic (exact) mass is 526 g/mol. The first kappa shape index (κ1) is 25.1. The van der Waals surface area contributed by atoms with Crippen molar-refractivity contribution in [1.29, 1.82) is 0 Å². The van der Waals surface area contributed by atoms with Gasteiger partial charge in [0.1, 0.15) is 29.4 Å². The number of nitrogens with zero attached hydrogens (tertiary/aromatic N) is 1. The summed E-state index contributed by atoms with van der Waals surface area (Å²) in [6.45, 7) is 0.255. The van der Waals surface area contributed by atoms with E-state index in [2.05, 4.69) is 5.32 Å². The van der Waals surface area contributed by atoms with E-state index in [0.717, 1.165) is 10.5 Å². The van der Waals surface area contributed by atoms with E-state index >= 15 is 0 Å². The highest BCUT2D eigenvalue weighted by molar-refractivity contribution is 6.40. The van der Waals surface area contributed by atoms with Crippen LogP contribution in [0.4, 0.5) is 10.5 Å². The Morgan fingerprint density at radius 3 is 2.31 bits per heavy atom. The van der Waals surface area contributed by atoms with E-state index in [1.54, 1.807) is 18.2 Å². The average Bonchev–Trinajstić information content (AvgIpc) is 2.87. The fraction of sp³-hybridized carbons (Fsp3) is 0.115. The quantitative estimate of drug-likeness (QED) is 0.333. The zero-order valence-corrected chi connectivity index (χ0v) is 20.7. The molecule has 1 saturated heterocycles. The van der Waals surface area contributed by atoms with Gasteiger partial charge in [0, 0.05) is 22.7 Å². The fourth-order valence-electron chi connectivity index (χ4n) is 3.55. The second-order valence-corrected chi connectivity index (χ2v) is 8.42. The van der Waals surface area contributed by atoms with E-state index in [9.17, 15) is 14.4 Å². The highest BCUT2D eigenvalue weighted by Gasteiger charge is 2.38. The third-order valence-corrected chi connectivity index (χ3v) is 5.84. The number of ether oxygens (including phenoxy) is 3. The molecule has 3 aromatic rings. The Kier molecular flexibility index (Phi) is 7.47. The minimum atomic E-state index is -0.948. The van der Waals surface area contributed by atoms with Crippen LogP contribution in [-0.4, -0.2) is 32.1 Å². The van der Waals surface area contributed by atoms with Crippen molar-refractivity contribution in [2.45, 2.75) is 6.61 Å². The molecule has 4 rings (SSSR count). The van der Waals surface area contributed by atoms with Crippen LogP contribution in [0.5, 0.6) is 17.2 Å². The third-order valence-electron chi connectivity index (χ3n) is 5.30. The molecule has 1 N–H and O–H groups in total. The number of barbiturate groups is 1. The van der Waals surface area contributed by atoms with Gasteiger partial charge in [-0.3, -0.25) is 14.9 Å². The highest BCUT2D eigenvalue weighted by Crippen LogP contribution is 2.39. The van der Waals surface area contributed by atoms with Crippen LogP contribution in [0.1, 0.15) is 11.1 Å². The SMILES string of the molecule is COc1cc(N2C(=O)NC(=O)/C(=C\c3cc(Cl)ccc3OCc3ccccc3)C2=O)c(OC)cc1Cl. The second-order valence-electron chi connectivity index (χ2n) is 7.57. The van der Waals surface area contributed by atoms with Crippen LogP contribution in [0, 0.1) is 0 Å². The minimum Gasteiger partial charge on any atom is -0.495 e. The Morgan fingerprint density at radius 2 is 1.61 bits per heavy atom. The topological polar surface area (TPSA) is 94.2 Å². The first-order chi connectivity index (χ1) is 17.3. The summed E-state index contributed by atoms with van der Waals surface area (Å²) in [6.07, 6.45) is 1.32. The maximum absolute atomic E-state index is 13.5. The molecule has 8 nitrogen and oxygen atoms in total. The summed E-state index contributed by atoms with van der Waals surface area (Å²) < 4.78 is 16.4. The van der Waals surface area contributed by atoms with Gasteiger partial charge in [-0.25, -0.2) is 9.69 Å². The fourth-order valence-corrected chi connectivity index (χ4v) is 3.96. The lowest BCUT2D eigenvalue weighted by molar-refractivity contribution is -0.122. The largest absolute Gasteiger partial charge is 0.495 e. The van der Waals surface area contributed by atoms with Crippen LogP contribution < -0.4 is 24.4 Å². The number of imide groups is 2. The van der Waals surface area contributed by atoms with E-state index in [0.29, 0.717) is 16.3 Å². The van der Waals surface area contributed by atoms with Crippen molar-refractivity contribution in [3.05, 3.63) is 87.4 Å². The molecule has 0 aliphatic carbocycles. The molecule has 1 aliphatic heterocycles. The summed E-state index contributed by atoms with van der Waals surface area (Å²) in [6, 6.07) is 16.1. The van der Waals surface area contributed by atoms with Gasteiger partial charge < -0.3 is 14.2 Å².